The Morgan fingerprint density at radius 3 is 2.15 bits per heavy atom. The summed E-state index contributed by atoms with van der Waals surface area (Å²) in [6.07, 6.45) is -0.772. The summed E-state index contributed by atoms with van der Waals surface area (Å²) in [6, 6.07) is 15.4. The summed E-state index contributed by atoms with van der Waals surface area (Å²) in [5, 5.41) is 10.3. The Labute approximate surface area is 156 Å². The fraction of sp³-hybridized carbons (Fsp3) is 0.455. The maximum absolute atomic E-state index is 13.8. The molecule has 140 valence electrons. The van der Waals surface area contributed by atoms with Gasteiger partial charge in [-0.05, 0) is 23.1 Å². The Morgan fingerprint density at radius 2 is 1.54 bits per heavy atom. The average molecular weight is 356 g/mol. The molecule has 0 saturated carbocycles. The Balaban J connectivity index is 1.47. The van der Waals surface area contributed by atoms with Crippen LogP contribution >= 0.6 is 0 Å². The summed E-state index contributed by atoms with van der Waals surface area (Å²) in [7, 11) is 0. The first-order valence-corrected chi connectivity index (χ1v) is 9.49. The van der Waals surface area contributed by atoms with Crippen LogP contribution < -0.4 is 0 Å². The summed E-state index contributed by atoms with van der Waals surface area (Å²) in [5.74, 6) is 0.233. The van der Waals surface area contributed by atoms with Crippen LogP contribution in [-0.2, 0) is 6.54 Å². The summed E-state index contributed by atoms with van der Waals surface area (Å²) >= 11 is 0. The van der Waals surface area contributed by atoms with Crippen LogP contribution in [0.25, 0.3) is 0 Å². The molecule has 1 fully saturated rings. The number of halogens is 1. The van der Waals surface area contributed by atoms with Gasteiger partial charge in [0, 0.05) is 44.8 Å². The van der Waals surface area contributed by atoms with E-state index in [1.807, 2.05) is 0 Å². The number of hydrogen-bond acceptors (Lipinski definition) is 3. The summed E-state index contributed by atoms with van der Waals surface area (Å²) in [4.78, 5) is 4.66. The minimum absolute atomic E-state index is 0.330. The van der Waals surface area contributed by atoms with Crippen LogP contribution in [-0.4, -0.2) is 47.6 Å². The second-order valence-electron chi connectivity index (χ2n) is 7.51. The van der Waals surface area contributed by atoms with E-state index in [1.165, 1.54) is 17.2 Å². The van der Waals surface area contributed by atoms with Gasteiger partial charge >= 0.3 is 0 Å². The standard InChI is InChI=1S/C22H29FN2O/c1-17(2)19-9-7-18(8-10-19)15-24-11-13-25(14-12-24)16-22(26)20-5-3-4-6-21(20)23/h3-10,17,22,26H,11-16H2,1-2H3/t22-/m0/s1. The molecule has 1 aliphatic rings. The van der Waals surface area contributed by atoms with Gasteiger partial charge in [-0.1, -0.05) is 56.3 Å². The number of nitrogens with zero attached hydrogens (tertiary/aromatic N) is 2. The van der Waals surface area contributed by atoms with Crippen molar-refractivity contribution < 1.29 is 9.50 Å². The fourth-order valence-corrected chi connectivity index (χ4v) is 3.48. The first-order valence-electron chi connectivity index (χ1n) is 9.49. The number of β-amino-alcohol motifs (C(OH)–C–C–N with tert-alkyl or cyclic N) is 1. The first kappa shape index (κ1) is 19.0. The van der Waals surface area contributed by atoms with Gasteiger partial charge in [0.25, 0.3) is 0 Å². The third kappa shape index (κ3) is 4.91. The van der Waals surface area contributed by atoms with Gasteiger partial charge in [-0.15, -0.1) is 0 Å². The zero-order chi connectivity index (χ0) is 18.5. The zero-order valence-corrected chi connectivity index (χ0v) is 15.7. The molecule has 0 aliphatic carbocycles. The largest absolute Gasteiger partial charge is 0.387 e. The lowest BCUT2D eigenvalue weighted by molar-refractivity contribution is 0.0685. The molecule has 0 bridgehead atoms. The van der Waals surface area contributed by atoms with E-state index in [4.69, 9.17) is 0 Å². The van der Waals surface area contributed by atoms with Crippen LogP contribution in [0.4, 0.5) is 4.39 Å². The molecule has 26 heavy (non-hydrogen) atoms. The van der Waals surface area contributed by atoms with E-state index in [2.05, 4.69) is 47.9 Å². The van der Waals surface area contributed by atoms with Crippen molar-refractivity contribution in [3.05, 3.63) is 71.0 Å². The van der Waals surface area contributed by atoms with Gasteiger partial charge in [-0.3, -0.25) is 9.80 Å². The van der Waals surface area contributed by atoms with E-state index in [0.29, 0.717) is 18.0 Å². The van der Waals surface area contributed by atoms with Crippen LogP contribution in [0.5, 0.6) is 0 Å². The lowest BCUT2D eigenvalue weighted by atomic mass is 10.0. The van der Waals surface area contributed by atoms with Gasteiger partial charge < -0.3 is 5.11 Å². The van der Waals surface area contributed by atoms with Crippen molar-refractivity contribution in [1.29, 1.82) is 0 Å². The third-order valence-electron chi connectivity index (χ3n) is 5.21. The molecule has 1 saturated heterocycles. The Hall–Kier alpha value is -1.75. The second kappa shape index (κ2) is 8.76. The molecule has 3 nitrogen and oxygen atoms in total. The predicted molar refractivity (Wildman–Crippen MR) is 104 cm³/mol. The van der Waals surface area contributed by atoms with Gasteiger partial charge in [0.2, 0.25) is 0 Å². The lowest BCUT2D eigenvalue weighted by Crippen LogP contribution is -2.47. The number of rotatable bonds is 6. The molecular weight excluding hydrogens is 327 g/mol. The van der Waals surface area contributed by atoms with Gasteiger partial charge in [0.15, 0.2) is 0 Å². The lowest BCUT2D eigenvalue weighted by Gasteiger charge is -2.35. The molecule has 2 aromatic rings. The van der Waals surface area contributed by atoms with Crippen molar-refractivity contribution in [3.8, 4) is 0 Å². The van der Waals surface area contributed by atoms with Crippen molar-refractivity contribution in [1.82, 2.24) is 9.80 Å². The van der Waals surface area contributed by atoms with Crippen LogP contribution in [0.1, 0.15) is 42.6 Å². The topological polar surface area (TPSA) is 26.7 Å². The van der Waals surface area contributed by atoms with Crippen molar-refractivity contribution in [2.45, 2.75) is 32.4 Å². The average Bonchev–Trinajstić information content (AvgIpc) is 2.64. The number of benzene rings is 2. The summed E-state index contributed by atoms with van der Waals surface area (Å²) in [6.45, 7) is 9.60. The molecule has 4 heteroatoms. The number of aliphatic hydroxyl groups is 1. The van der Waals surface area contributed by atoms with Gasteiger partial charge in [-0.2, -0.15) is 0 Å². The van der Waals surface area contributed by atoms with E-state index in [-0.39, 0.29) is 5.82 Å². The highest BCUT2D eigenvalue weighted by Crippen LogP contribution is 2.19. The normalized spacial score (nSPS) is 17.6. The maximum atomic E-state index is 13.8. The second-order valence-corrected chi connectivity index (χ2v) is 7.51. The quantitative estimate of drug-likeness (QED) is 0.853. The van der Waals surface area contributed by atoms with Crippen LogP contribution in [0, 0.1) is 5.82 Å². The highest BCUT2D eigenvalue weighted by Gasteiger charge is 2.21. The molecule has 0 radical (unpaired) electrons. The zero-order valence-electron chi connectivity index (χ0n) is 15.7. The van der Waals surface area contributed by atoms with E-state index in [1.54, 1.807) is 18.2 Å². The maximum Gasteiger partial charge on any atom is 0.129 e. The van der Waals surface area contributed by atoms with E-state index in [0.717, 1.165) is 32.7 Å². The Morgan fingerprint density at radius 1 is 0.923 bits per heavy atom. The number of hydrogen-bond donors (Lipinski definition) is 1. The molecule has 1 aliphatic heterocycles. The molecule has 0 spiro atoms. The van der Waals surface area contributed by atoms with Crippen molar-refractivity contribution in [3.63, 3.8) is 0 Å². The summed E-state index contributed by atoms with van der Waals surface area (Å²) < 4.78 is 13.8. The summed E-state index contributed by atoms with van der Waals surface area (Å²) in [5.41, 5.74) is 3.11. The fourth-order valence-electron chi connectivity index (χ4n) is 3.48. The first-order chi connectivity index (χ1) is 12.5. The minimum atomic E-state index is -0.772. The molecule has 0 aromatic heterocycles. The molecule has 3 rings (SSSR count). The molecule has 2 aromatic carbocycles. The number of piperazine rings is 1. The monoisotopic (exact) mass is 356 g/mol. The molecule has 1 atom stereocenters. The molecule has 0 unspecified atom stereocenters. The van der Waals surface area contributed by atoms with Gasteiger partial charge in [0.1, 0.15) is 5.82 Å². The van der Waals surface area contributed by atoms with Crippen molar-refractivity contribution in [2.75, 3.05) is 32.7 Å². The third-order valence-corrected chi connectivity index (χ3v) is 5.21. The highest BCUT2D eigenvalue weighted by molar-refractivity contribution is 5.24. The minimum Gasteiger partial charge on any atom is -0.387 e. The molecule has 1 N–H and O–H groups in total. The molecule has 1 heterocycles. The molecule has 0 amide bonds. The van der Waals surface area contributed by atoms with E-state index in [9.17, 15) is 9.50 Å². The smallest absolute Gasteiger partial charge is 0.129 e. The SMILES string of the molecule is CC(C)c1ccc(CN2CCN(C[C@H](O)c3ccccc3F)CC2)cc1. The predicted octanol–water partition coefficient (Wildman–Crippen LogP) is 3.80. The van der Waals surface area contributed by atoms with Gasteiger partial charge in [-0.25, -0.2) is 4.39 Å². The molecular formula is C22H29FN2O. The highest BCUT2D eigenvalue weighted by atomic mass is 19.1. The van der Waals surface area contributed by atoms with Crippen molar-refractivity contribution in [2.24, 2.45) is 0 Å². The van der Waals surface area contributed by atoms with Crippen LogP contribution in [0.3, 0.4) is 0 Å². The van der Waals surface area contributed by atoms with Crippen LogP contribution in [0.15, 0.2) is 48.5 Å². The van der Waals surface area contributed by atoms with E-state index >= 15 is 0 Å². The Bertz CT molecular complexity index is 694. The Kier molecular flexibility index (Phi) is 6.41. The van der Waals surface area contributed by atoms with E-state index < -0.39 is 6.10 Å². The van der Waals surface area contributed by atoms with Gasteiger partial charge in [0.05, 0.1) is 6.10 Å². The van der Waals surface area contributed by atoms with Crippen molar-refractivity contribution >= 4 is 0 Å². The van der Waals surface area contributed by atoms with Crippen LogP contribution in [0.2, 0.25) is 0 Å². The number of aliphatic hydroxyl groups excluding tert-OH is 1.